The molecule has 0 aromatic rings. The first-order valence-corrected chi connectivity index (χ1v) is 5.32. The Kier molecular flexibility index (Phi) is 4.02. The van der Waals surface area contributed by atoms with E-state index in [4.69, 9.17) is 5.11 Å². The summed E-state index contributed by atoms with van der Waals surface area (Å²) in [4.78, 5) is 0. The van der Waals surface area contributed by atoms with E-state index >= 15 is 0 Å². The van der Waals surface area contributed by atoms with Crippen LogP contribution in [-0.4, -0.2) is 28.6 Å². The summed E-state index contributed by atoms with van der Waals surface area (Å²) in [5, 5.41) is 18.4. The monoisotopic (exact) mass is 238 g/mol. The van der Waals surface area contributed by atoms with Crippen molar-refractivity contribution >= 4 is 0 Å². The van der Waals surface area contributed by atoms with Crippen molar-refractivity contribution in [3.8, 4) is 0 Å². The fourth-order valence-electron chi connectivity index (χ4n) is 2.24. The number of rotatable bonds is 5. The molecule has 5 heteroatoms. The van der Waals surface area contributed by atoms with Gasteiger partial charge in [0.05, 0.1) is 18.1 Å². The van der Waals surface area contributed by atoms with Crippen molar-refractivity contribution in [2.45, 2.75) is 38.1 Å². The second kappa shape index (κ2) is 4.75. The van der Waals surface area contributed by atoms with Crippen LogP contribution in [-0.2, 0) is 0 Å². The molecule has 0 amide bonds. The average molecular weight is 238 g/mol. The highest BCUT2D eigenvalue weighted by molar-refractivity contribution is 5.04. The first-order chi connectivity index (χ1) is 7.29. The van der Waals surface area contributed by atoms with E-state index < -0.39 is 36.1 Å². The molecule has 94 valence electrons. The van der Waals surface area contributed by atoms with Gasteiger partial charge in [0, 0.05) is 0 Å². The summed E-state index contributed by atoms with van der Waals surface area (Å²) < 4.78 is 37.6. The fraction of sp³-hybridized carbons (Fsp3) is 0.818. The van der Waals surface area contributed by atoms with Gasteiger partial charge in [0.1, 0.15) is 0 Å². The molecule has 0 bridgehead atoms. The largest absolute Gasteiger partial charge is 0.392 e. The summed E-state index contributed by atoms with van der Waals surface area (Å²) in [7, 11) is 0. The molecule has 0 aromatic carbocycles. The minimum absolute atomic E-state index is 0.000347. The zero-order valence-electron chi connectivity index (χ0n) is 9.11. The van der Waals surface area contributed by atoms with Crippen molar-refractivity contribution in [2.75, 3.05) is 0 Å². The van der Waals surface area contributed by atoms with Crippen LogP contribution in [0.25, 0.3) is 0 Å². The maximum atomic E-state index is 12.5. The first kappa shape index (κ1) is 13.5. The molecule has 2 N–H and O–H groups in total. The SMILES string of the molecule is C=CCC1C(C[C@H](O)C(C)O)C1C(F)(F)F. The summed E-state index contributed by atoms with van der Waals surface area (Å²) in [5.74, 6) is -2.41. The zero-order valence-corrected chi connectivity index (χ0v) is 9.11. The van der Waals surface area contributed by atoms with Crippen molar-refractivity contribution in [3.05, 3.63) is 12.7 Å². The second-order valence-electron chi connectivity index (χ2n) is 4.46. The molecule has 1 fully saturated rings. The van der Waals surface area contributed by atoms with Crippen LogP contribution in [0.1, 0.15) is 19.8 Å². The number of allylic oxidation sites excluding steroid dienone is 1. The average Bonchev–Trinajstić information content (AvgIpc) is 2.78. The van der Waals surface area contributed by atoms with E-state index in [1.54, 1.807) is 0 Å². The molecule has 1 saturated carbocycles. The van der Waals surface area contributed by atoms with Gasteiger partial charge in [-0.3, -0.25) is 0 Å². The molecular formula is C11H17F3O2. The van der Waals surface area contributed by atoms with E-state index in [0.29, 0.717) is 6.42 Å². The number of hydrogen-bond donors (Lipinski definition) is 2. The van der Waals surface area contributed by atoms with Crippen molar-refractivity contribution in [2.24, 2.45) is 17.8 Å². The highest BCUT2D eigenvalue weighted by atomic mass is 19.4. The molecule has 0 saturated heterocycles. The summed E-state index contributed by atoms with van der Waals surface area (Å²) in [5.41, 5.74) is 0. The Balaban J connectivity index is 2.56. The Morgan fingerprint density at radius 1 is 1.31 bits per heavy atom. The van der Waals surface area contributed by atoms with E-state index in [0.717, 1.165) is 0 Å². The highest BCUT2D eigenvalue weighted by Crippen LogP contribution is 2.59. The van der Waals surface area contributed by atoms with E-state index in [1.807, 2.05) is 0 Å². The normalized spacial score (nSPS) is 33.2. The Morgan fingerprint density at radius 3 is 2.25 bits per heavy atom. The maximum absolute atomic E-state index is 12.5. The Labute approximate surface area is 92.8 Å². The second-order valence-corrected chi connectivity index (χ2v) is 4.46. The van der Waals surface area contributed by atoms with Crippen LogP contribution >= 0.6 is 0 Å². The van der Waals surface area contributed by atoms with Gasteiger partial charge in [0.25, 0.3) is 0 Å². The van der Waals surface area contributed by atoms with Crippen molar-refractivity contribution in [1.29, 1.82) is 0 Å². The van der Waals surface area contributed by atoms with Crippen LogP contribution in [0.4, 0.5) is 13.2 Å². The lowest BCUT2D eigenvalue weighted by Gasteiger charge is -2.13. The molecule has 16 heavy (non-hydrogen) atoms. The van der Waals surface area contributed by atoms with Gasteiger partial charge in [-0.1, -0.05) is 6.08 Å². The molecule has 0 aliphatic heterocycles. The van der Waals surface area contributed by atoms with Gasteiger partial charge in [-0.15, -0.1) is 6.58 Å². The van der Waals surface area contributed by atoms with Crippen molar-refractivity contribution in [1.82, 2.24) is 0 Å². The predicted octanol–water partition coefficient (Wildman–Crippen LogP) is 2.12. The van der Waals surface area contributed by atoms with Gasteiger partial charge in [0.2, 0.25) is 0 Å². The van der Waals surface area contributed by atoms with Crippen LogP contribution < -0.4 is 0 Å². The lowest BCUT2D eigenvalue weighted by atomic mass is 10.1. The smallest absolute Gasteiger partial charge is 0.391 e. The lowest BCUT2D eigenvalue weighted by molar-refractivity contribution is -0.154. The molecule has 4 unspecified atom stereocenters. The Hall–Kier alpha value is -0.550. The predicted molar refractivity (Wildman–Crippen MR) is 53.6 cm³/mol. The summed E-state index contributed by atoms with van der Waals surface area (Å²) >= 11 is 0. The minimum Gasteiger partial charge on any atom is -0.391 e. The Bertz CT molecular complexity index is 250. The van der Waals surface area contributed by atoms with Gasteiger partial charge >= 0.3 is 6.18 Å². The minimum atomic E-state index is -4.21. The number of alkyl halides is 3. The third kappa shape index (κ3) is 2.98. The molecule has 0 aromatic heterocycles. The lowest BCUT2D eigenvalue weighted by Crippen LogP contribution is -2.24. The number of aliphatic hydroxyl groups is 2. The van der Waals surface area contributed by atoms with Crippen LogP contribution in [0.5, 0.6) is 0 Å². The molecule has 2 nitrogen and oxygen atoms in total. The Morgan fingerprint density at radius 2 is 1.88 bits per heavy atom. The molecule has 0 radical (unpaired) electrons. The van der Waals surface area contributed by atoms with Gasteiger partial charge in [-0.2, -0.15) is 13.2 Å². The fourth-order valence-corrected chi connectivity index (χ4v) is 2.24. The molecular weight excluding hydrogens is 221 g/mol. The topological polar surface area (TPSA) is 40.5 Å². The van der Waals surface area contributed by atoms with Crippen LogP contribution in [0.15, 0.2) is 12.7 Å². The van der Waals surface area contributed by atoms with Crippen molar-refractivity contribution < 1.29 is 23.4 Å². The molecule has 1 rings (SSSR count). The summed E-state index contributed by atoms with van der Waals surface area (Å²) in [6.07, 6.45) is -4.50. The number of halogens is 3. The molecule has 0 spiro atoms. The zero-order chi connectivity index (χ0) is 12.5. The van der Waals surface area contributed by atoms with Gasteiger partial charge in [-0.25, -0.2) is 0 Å². The highest BCUT2D eigenvalue weighted by Gasteiger charge is 2.63. The molecule has 0 heterocycles. The van der Waals surface area contributed by atoms with E-state index in [2.05, 4.69) is 6.58 Å². The maximum Gasteiger partial charge on any atom is 0.392 e. The van der Waals surface area contributed by atoms with Gasteiger partial charge < -0.3 is 10.2 Å². The quantitative estimate of drug-likeness (QED) is 0.720. The van der Waals surface area contributed by atoms with Gasteiger partial charge in [0.15, 0.2) is 0 Å². The third-order valence-electron chi connectivity index (χ3n) is 3.22. The first-order valence-electron chi connectivity index (χ1n) is 5.32. The third-order valence-corrected chi connectivity index (χ3v) is 3.22. The standard InChI is InChI=1S/C11H17F3O2/c1-3-4-7-8(5-9(16)6(2)15)10(7)11(12,13)14/h3,6-10,15-16H,1,4-5H2,2H3/t6?,7?,8?,9-,10?/m0/s1. The van der Waals surface area contributed by atoms with Crippen LogP contribution in [0, 0.1) is 17.8 Å². The molecule has 1 aliphatic rings. The van der Waals surface area contributed by atoms with E-state index in [-0.39, 0.29) is 6.42 Å². The van der Waals surface area contributed by atoms with Crippen LogP contribution in [0.2, 0.25) is 0 Å². The molecule has 5 atom stereocenters. The summed E-state index contributed by atoms with van der Waals surface area (Å²) in [6.45, 7) is 4.80. The number of aliphatic hydroxyl groups excluding tert-OH is 2. The van der Waals surface area contributed by atoms with Gasteiger partial charge in [-0.05, 0) is 31.6 Å². The summed E-state index contributed by atoms with van der Waals surface area (Å²) in [6, 6.07) is 0. The van der Waals surface area contributed by atoms with E-state index in [9.17, 15) is 18.3 Å². The molecule has 1 aliphatic carbocycles. The van der Waals surface area contributed by atoms with Crippen LogP contribution in [0.3, 0.4) is 0 Å². The van der Waals surface area contributed by atoms with E-state index in [1.165, 1.54) is 13.0 Å². The van der Waals surface area contributed by atoms with Crippen molar-refractivity contribution in [3.63, 3.8) is 0 Å². The number of hydrogen-bond acceptors (Lipinski definition) is 2.